The second-order valence-electron chi connectivity index (χ2n) is 14.8. The second-order valence-corrected chi connectivity index (χ2v) is 14.8. The predicted molar refractivity (Wildman–Crippen MR) is 239 cm³/mol. The molecule has 58 heavy (non-hydrogen) atoms. The summed E-state index contributed by atoms with van der Waals surface area (Å²) in [5.74, 6) is 0. The summed E-state index contributed by atoms with van der Waals surface area (Å²) < 4.78 is 20.5. The van der Waals surface area contributed by atoms with E-state index in [1.807, 2.05) is 24.3 Å². The molecule has 3 aromatic heterocycles. The van der Waals surface area contributed by atoms with Crippen LogP contribution in [0.15, 0.2) is 213 Å². The molecular weight excluding hydrogens is 711 g/mol. The molecule has 0 spiro atoms. The maximum absolute atomic E-state index is 6.99. The third kappa shape index (κ3) is 5.02. The lowest BCUT2D eigenvalue weighted by Crippen LogP contribution is -2.11. The number of nitrogens with zero attached hydrogens (tertiary/aromatic N) is 1. The van der Waals surface area contributed by atoms with Gasteiger partial charge in [0.25, 0.3) is 0 Å². The van der Waals surface area contributed by atoms with Crippen LogP contribution in [0.25, 0.3) is 99.2 Å². The van der Waals surface area contributed by atoms with Crippen LogP contribution in [0, 0.1) is 0 Å². The van der Waals surface area contributed by atoms with Gasteiger partial charge in [-0.25, -0.2) is 0 Å². The molecular formula is C54H33NO3. The molecule has 0 saturated heterocycles. The zero-order valence-corrected chi connectivity index (χ0v) is 31.2. The van der Waals surface area contributed by atoms with Crippen molar-refractivity contribution in [2.45, 2.75) is 0 Å². The van der Waals surface area contributed by atoms with Gasteiger partial charge in [0.15, 0.2) is 5.58 Å². The average Bonchev–Trinajstić information content (AvgIpc) is 3.99. The first-order valence-corrected chi connectivity index (χ1v) is 19.6. The Balaban J connectivity index is 1.14. The number of rotatable bonds is 6. The van der Waals surface area contributed by atoms with Crippen LogP contribution in [0.2, 0.25) is 0 Å². The van der Waals surface area contributed by atoms with Crippen LogP contribution in [-0.4, -0.2) is 0 Å². The van der Waals surface area contributed by atoms with Crippen LogP contribution < -0.4 is 4.90 Å². The fraction of sp³-hybridized carbons (Fsp3) is 0. The molecule has 272 valence electrons. The van der Waals surface area contributed by atoms with Crippen molar-refractivity contribution in [2.75, 3.05) is 4.90 Å². The first-order valence-electron chi connectivity index (χ1n) is 19.6. The van der Waals surface area contributed by atoms with Gasteiger partial charge >= 0.3 is 0 Å². The lowest BCUT2D eigenvalue weighted by Gasteiger charge is -2.28. The number of hydrogen-bond donors (Lipinski definition) is 0. The van der Waals surface area contributed by atoms with Gasteiger partial charge in [0, 0.05) is 44.2 Å². The minimum atomic E-state index is 0.757. The average molecular weight is 744 g/mol. The van der Waals surface area contributed by atoms with Gasteiger partial charge < -0.3 is 18.2 Å². The van der Waals surface area contributed by atoms with Gasteiger partial charge in [0.2, 0.25) is 0 Å². The normalized spacial score (nSPS) is 11.8. The monoisotopic (exact) mass is 743 g/mol. The molecule has 12 aromatic rings. The van der Waals surface area contributed by atoms with E-state index in [1.54, 1.807) is 0 Å². The molecule has 0 saturated carbocycles. The van der Waals surface area contributed by atoms with Crippen LogP contribution in [0.4, 0.5) is 17.1 Å². The van der Waals surface area contributed by atoms with Crippen molar-refractivity contribution >= 4 is 82.9 Å². The molecule has 0 aliphatic carbocycles. The lowest BCUT2D eigenvalue weighted by atomic mass is 9.97. The molecule has 12 rings (SSSR count). The first-order chi connectivity index (χ1) is 28.8. The minimum absolute atomic E-state index is 0.757. The number of anilines is 3. The van der Waals surface area contributed by atoms with E-state index in [0.29, 0.717) is 0 Å². The molecule has 0 atom stereocenters. The van der Waals surface area contributed by atoms with Gasteiger partial charge in [0.1, 0.15) is 27.9 Å². The lowest BCUT2D eigenvalue weighted by molar-refractivity contribution is 0.660. The topological polar surface area (TPSA) is 42.7 Å². The Labute approximate surface area is 333 Å². The van der Waals surface area contributed by atoms with E-state index in [0.717, 1.165) is 99.6 Å². The van der Waals surface area contributed by atoms with Gasteiger partial charge in [-0.3, -0.25) is 0 Å². The molecule has 0 bridgehead atoms. The molecule has 0 radical (unpaired) electrons. The summed E-state index contributed by atoms with van der Waals surface area (Å²) in [5, 5.41) is 6.08. The van der Waals surface area contributed by atoms with Crippen molar-refractivity contribution in [1.82, 2.24) is 0 Å². The number of hydrogen-bond acceptors (Lipinski definition) is 4. The van der Waals surface area contributed by atoms with Crippen LogP contribution >= 0.6 is 0 Å². The highest BCUT2D eigenvalue weighted by molar-refractivity contribution is 6.33. The standard InChI is InChI=1S/C54H33NO3/c1-3-13-34(14-4-1)36-23-25-38(26-24-36)40-17-7-10-20-44(40)55(39-29-27-37(28-30-39)35-15-5-2-6-16-35)45-33-49-51(50-43-19-9-12-22-47(43)58-54(45)50)52-48(56-49)32-31-42-41-18-8-11-21-46(41)57-53(42)52/h1-33H. The Morgan fingerprint density at radius 1 is 0.293 bits per heavy atom. The zero-order valence-electron chi connectivity index (χ0n) is 31.2. The van der Waals surface area contributed by atoms with Gasteiger partial charge in [-0.1, -0.05) is 152 Å². The van der Waals surface area contributed by atoms with Crippen molar-refractivity contribution in [1.29, 1.82) is 0 Å². The van der Waals surface area contributed by atoms with Crippen molar-refractivity contribution in [3.8, 4) is 33.4 Å². The Hall–Kier alpha value is -7.82. The van der Waals surface area contributed by atoms with Crippen molar-refractivity contribution in [2.24, 2.45) is 0 Å². The zero-order chi connectivity index (χ0) is 38.2. The summed E-state index contributed by atoms with van der Waals surface area (Å²) in [6, 6.07) is 70.1. The summed E-state index contributed by atoms with van der Waals surface area (Å²) in [6.07, 6.45) is 0. The van der Waals surface area contributed by atoms with Crippen molar-refractivity contribution < 1.29 is 13.3 Å². The van der Waals surface area contributed by atoms with E-state index < -0.39 is 0 Å². The van der Waals surface area contributed by atoms with Gasteiger partial charge in [-0.15, -0.1) is 0 Å². The second kappa shape index (κ2) is 12.9. The molecule has 4 heteroatoms. The molecule has 0 fully saturated rings. The smallest absolute Gasteiger partial charge is 0.160 e. The minimum Gasteiger partial charge on any atom is -0.456 e. The van der Waals surface area contributed by atoms with E-state index in [4.69, 9.17) is 13.3 Å². The molecule has 0 aliphatic heterocycles. The highest BCUT2D eigenvalue weighted by atomic mass is 16.3. The highest BCUT2D eigenvalue weighted by Crippen LogP contribution is 2.51. The fourth-order valence-corrected chi connectivity index (χ4v) is 8.79. The third-order valence-corrected chi connectivity index (χ3v) is 11.5. The highest BCUT2D eigenvalue weighted by Gasteiger charge is 2.27. The summed E-state index contributed by atoms with van der Waals surface area (Å²) in [5.41, 5.74) is 14.5. The largest absolute Gasteiger partial charge is 0.456 e. The SMILES string of the molecule is c1ccc(-c2ccc(-c3ccccc3N(c3ccc(-c4ccccc4)cc3)c3cc4oc5ccc6c7ccccc7oc6c5c4c4c3oc3ccccc34)cc2)cc1. The maximum Gasteiger partial charge on any atom is 0.160 e. The van der Waals surface area contributed by atoms with Crippen LogP contribution in [-0.2, 0) is 0 Å². The molecule has 9 aromatic carbocycles. The number of benzene rings is 9. The number of para-hydroxylation sites is 3. The quantitative estimate of drug-likeness (QED) is 0.170. The van der Waals surface area contributed by atoms with E-state index in [1.165, 1.54) is 16.7 Å². The van der Waals surface area contributed by atoms with E-state index in [2.05, 4.69) is 181 Å². The maximum atomic E-state index is 6.99. The van der Waals surface area contributed by atoms with Crippen molar-refractivity contribution in [3.63, 3.8) is 0 Å². The molecule has 0 aliphatic rings. The summed E-state index contributed by atoms with van der Waals surface area (Å²) in [4.78, 5) is 2.32. The predicted octanol–water partition coefficient (Wildman–Crippen LogP) is 15.9. The Morgan fingerprint density at radius 2 is 0.845 bits per heavy atom. The molecule has 0 N–H and O–H groups in total. The summed E-state index contributed by atoms with van der Waals surface area (Å²) >= 11 is 0. The molecule has 4 nitrogen and oxygen atoms in total. The molecule has 0 amide bonds. The molecule has 0 unspecified atom stereocenters. The Morgan fingerprint density at radius 3 is 1.57 bits per heavy atom. The van der Waals surface area contributed by atoms with E-state index in [-0.39, 0.29) is 0 Å². The molecule has 3 heterocycles. The Bertz CT molecular complexity index is 3480. The van der Waals surface area contributed by atoms with Crippen LogP contribution in [0.5, 0.6) is 0 Å². The van der Waals surface area contributed by atoms with Gasteiger partial charge in [-0.2, -0.15) is 0 Å². The first kappa shape index (κ1) is 32.4. The number of fused-ring (bicyclic) bond motifs is 11. The van der Waals surface area contributed by atoms with Crippen LogP contribution in [0.1, 0.15) is 0 Å². The fourth-order valence-electron chi connectivity index (χ4n) is 8.79. The Kier molecular flexibility index (Phi) is 7.20. The van der Waals surface area contributed by atoms with Crippen molar-refractivity contribution in [3.05, 3.63) is 200 Å². The third-order valence-electron chi connectivity index (χ3n) is 11.5. The summed E-state index contributed by atoms with van der Waals surface area (Å²) in [7, 11) is 0. The van der Waals surface area contributed by atoms with Gasteiger partial charge in [-0.05, 0) is 70.3 Å². The summed E-state index contributed by atoms with van der Waals surface area (Å²) in [6.45, 7) is 0. The van der Waals surface area contributed by atoms with Crippen LogP contribution in [0.3, 0.4) is 0 Å². The van der Waals surface area contributed by atoms with Gasteiger partial charge in [0.05, 0.1) is 16.8 Å². The number of furan rings is 3. The van der Waals surface area contributed by atoms with E-state index in [9.17, 15) is 0 Å². The van der Waals surface area contributed by atoms with E-state index >= 15 is 0 Å².